The van der Waals surface area contributed by atoms with Gasteiger partial charge in [-0.05, 0) is 25.7 Å². The average Bonchev–Trinajstić information content (AvgIpc) is 3.09. The van der Waals surface area contributed by atoms with Gasteiger partial charge in [0.25, 0.3) is 0 Å². The number of hydrogen-bond acceptors (Lipinski definition) is 3. The molecule has 5 heteroatoms. The first kappa shape index (κ1) is 13.6. The molecular weight excluding hydrogens is 258 g/mol. The number of hydrogen-bond donors (Lipinski definition) is 1. The highest BCUT2D eigenvalue weighted by atomic mass is 16.4. The van der Waals surface area contributed by atoms with Crippen LogP contribution in [-0.4, -0.2) is 34.3 Å². The first-order valence-electron chi connectivity index (χ1n) is 7.57. The van der Waals surface area contributed by atoms with Gasteiger partial charge in [-0.15, -0.1) is 0 Å². The molecule has 3 aliphatic rings. The number of imide groups is 1. The Balaban J connectivity index is 1.82. The molecule has 1 spiro atoms. The number of carboxylic acid groups (broad SMARTS) is 1. The van der Waals surface area contributed by atoms with Crippen molar-refractivity contribution >= 4 is 17.8 Å². The second-order valence-electron chi connectivity index (χ2n) is 6.74. The molecule has 2 amide bonds. The third-order valence-electron chi connectivity index (χ3n) is 5.53. The predicted molar refractivity (Wildman–Crippen MR) is 70.8 cm³/mol. The van der Waals surface area contributed by atoms with Gasteiger partial charge in [0.15, 0.2) is 0 Å². The van der Waals surface area contributed by atoms with Crippen molar-refractivity contribution in [2.24, 2.45) is 10.8 Å². The van der Waals surface area contributed by atoms with E-state index in [1.54, 1.807) is 0 Å². The number of amides is 2. The summed E-state index contributed by atoms with van der Waals surface area (Å²) >= 11 is 0. The van der Waals surface area contributed by atoms with Crippen molar-refractivity contribution in [3.63, 3.8) is 0 Å². The summed E-state index contributed by atoms with van der Waals surface area (Å²) in [6.07, 6.45) is 6.75. The highest BCUT2D eigenvalue weighted by Gasteiger charge is 2.55. The maximum Gasteiger partial charge on any atom is 0.311 e. The third kappa shape index (κ3) is 1.86. The minimum absolute atomic E-state index is 0.0851. The summed E-state index contributed by atoms with van der Waals surface area (Å²) in [4.78, 5) is 37.7. The van der Waals surface area contributed by atoms with Crippen LogP contribution in [0.5, 0.6) is 0 Å². The molecule has 0 bridgehead atoms. The van der Waals surface area contributed by atoms with Gasteiger partial charge in [-0.25, -0.2) is 0 Å². The lowest BCUT2D eigenvalue weighted by molar-refractivity contribution is -0.153. The summed E-state index contributed by atoms with van der Waals surface area (Å²) in [6.45, 7) is 0.0851. The molecule has 2 saturated carbocycles. The lowest BCUT2D eigenvalue weighted by Gasteiger charge is -2.29. The van der Waals surface area contributed by atoms with Crippen molar-refractivity contribution in [1.82, 2.24) is 4.90 Å². The van der Waals surface area contributed by atoms with Crippen LogP contribution >= 0.6 is 0 Å². The highest BCUT2D eigenvalue weighted by molar-refractivity contribution is 6.06. The smallest absolute Gasteiger partial charge is 0.311 e. The molecule has 20 heavy (non-hydrogen) atoms. The maximum absolute atomic E-state index is 12.6. The molecule has 0 aromatic heterocycles. The van der Waals surface area contributed by atoms with Gasteiger partial charge in [-0.3, -0.25) is 19.3 Å². The van der Waals surface area contributed by atoms with Gasteiger partial charge in [-0.1, -0.05) is 25.7 Å². The van der Waals surface area contributed by atoms with Crippen molar-refractivity contribution in [3.05, 3.63) is 0 Å². The van der Waals surface area contributed by atoms with Crippen LogP contribution in [-0.2, 0) is 14.4 Å². The van der Waals surface area contributed by atoms with Crippen LogP contribution in [0.4, 0.5) is 0 Å². The lowest BCUT2D eigenvalue weighted by Crippen LogP contribution is -2.45. The molecule has 110 valence electrons. The van der Waals surface area contributed by atoms with Gasteiger partial charge in [0, 0.05) is 13.0 Å². The van der Waals surface area contributed by atoms with Crippen LogP contribution in [0.15, 0.2) is 0 Å². The molecule has 2 aliphatic carbocycles. The molecule has 0 radical (unpaired) electrons. The second-order valence-corrected chi connectivity index (χ2v) is 6.74. The fraction of sp³-hybridized carbons (Fsp3) is 0.800. The summed E-state index contributed by atoms with van der Waals surface area (Å²) in [5.74, 6) is -1.13. The largest absolute Gasteiger partial charge is 0.481 e. The van der Waals surface area contributed by atoms with Gasteiger partial charge < -0.3 is 5.11 Å². The molecule has 3 rings (SSSR count). The minimum atomic E-state index is -0.893. The number of carboxylic acids is 1. The zero-order valence-electron chi connectivity index (χ0n) is 11.7. The topological polar surface area (TPSA) is 74.7 Å². The van der Waals surface area contributed by atoms with Gasteiger partial charge in [0.1, 0.15) is 0 Å². The van der Waals surface area contributed by atoms with E-state index < -0.39 is 16.8 Å². The molecule has 1 saturated heterocycles. The summed E-state index contributed by atoms with van der Waals surface area (Å²) in [7, 11) is 0. The summed E-state index contributed by atoms with van der Waals surface area (Å²) in [6, 6.07) is 0. The second kappa shape index (κ2) is 4.57. The summed E-state index contributed by atoms with van der Waals surface area (Å²) in [5.41, 5.74) is -1.38. The Morgan fingerprint density at radius 2 is 1.60 bits per heavy atom. The Morgan fingerprint density at radius 1 is 1.05 bits per heavy atom. The van der Waals surface area contributed by atoms with Crippen LogP contribution in [0.25, 0.3) is 0 Å². The van der Waals surface area contributed by atoms with E-state index in [9.17, 15) is 19.5 Å². The zero-order valence-corrected chi connectivity index (χ0v) is 11.7. The summed E-state index contributed by atoms with van der Waals surface area (Å²) in [5, 5.41) is 9.50. The van der Waals surface area contributed by atoms with E-state index in [4.69, 9.17) is 0 Å². The Labute approximate surface area is 118 Å². The molecular formula is C15H21NO4. The van der Waals surface area contributed by atoms with Gasteiger partial charge in [-0.2, -0.15) is 0 Å². The van der Waals surface area contributed by atoms with Crippen molar-refractivity contribution < 1.29 is 19.5 Å². The number of aliphatic carboxylic acids is 1. The summed E-state index contributed by atoms with van der Waals surface area (Å²) < 4.78 is 0. The molecule has 3 fully saturated rings. The Morgan fingerprint density at radius 3 is 2.15 bits per heavy atom. The van der Waals surface area contributed by atoms with E-state index in [0.29, 0.717) is 19.3 Å². The molecule has 1 heterocycles. The van der Waals surface area contributed by atoms with Crippen molar-refractivity contribution in [3.8, 4) is 0 Å². The molecule has 0 aromatic carbocycles. The molecule has 1 N–H and O–H groups in total. The number of carbonyl (C=O) groups excluding carboxylic acids is 2. The SMILES string of the molecule is O=C1CC2(CCCC2)C(=O)N1CC1(C(=O)O)CCCC1. The molecule has 0 aromatic rings. The number of carbonyl (C=O) groups is 3. The van der Waals surface area contributed by atoms with E-state index in [-0.39, 0.29) is 18.4 Å². The van der Waals surface area contributed by atoms with Crippen LogP contribution in [0.1, 0.15) is 57.8 Å². The van der Waals surface area contributed by atoms with E-state index in [2.05, 4.69) is 0 Å². The number of likely N-dealkylation sites (tertiary alicyclic amines) is 1. The maximum atomic E-state index is 12.6. The fourth-order valence-electron chi connectivity index (χ4n) is 4.26. The zero-order chi connectivity index (χ0) is 14.4. The Kier molecular flexibility index (Phi) is 3.10. The average molecular weight is 279 g/mol. The first-order chi connectivity index (χ1) is 9.49. The fourth-order valence-corrected chi connectivity index (χ4v) is 4.26. The van der Waals surface area contributed by atoms with E-state index in [0.717, 1.165) is 38.5 Å². The van der Waals surface area contributed by atoms with Crippen molar-refractivity contribution in [1.29, 1.82) is 0 Å². The molecule has 0 unspecified atom stereocenters. The first-order valence-corrected chi connectivity index (χ1v) is 7.57. The standard InChI is InChI=1S/C15H21NO4/c17-11-9-14(5-1-2-6-14)12(18)16(11)10-15(13(19)20)7-3-4-8-15/h1-10H2,(H,19,20). The Hall–Kier alpha value is -1.39. The number of nitrogens with zero attached hydrogens (tertiary/aromatic N) is 1. The van der Waals surface area contributed by atoms with Crippen LogP contribution in [0.3, 0.4) is 0 Å². The van der Waals surface area contributed by atoms with Gasteiger partial charge in [0.2, 0.25) is 11.8 Å². The Bertz CT molecular complexity index is 458. The normalized spacial score (nSPS) is 27.7. The van der Waals surface area contributed by atoms with Crippen LogP contribution in [0.2, 0.25) is 0 Å². The number of rotatable bonds is 3. The van der Waals surface area contributed by atoms with Crippen molar-refractivity contribution in [2.75, 3.05) is 6.54 Å². The predicted octanol–water partition coefficient (Wildman–Crippen LogP) is 1.95. The lowest BCUT2D eigenvalue weighted by atomic mass is 9.83. The van der Waals surface area contributed by atoms with Gasteiger partial charge >= 0.3 is 5.97 Å². The quantitative estimate of drug-likeness (QED) is 0.801. The molecule has 5 nitrogen and oxygen atoms in total. The van der Waals surface area contributed by atoms with E-state index >= 15 is 0 Å². The molecule has 0 atom stereocenters. The minimum Gasteiger partial charge on any atom is -0.481 e. The van der Waals surface area contributed by atoms with Crippen LogP contribution < -0.4 is 0 Å². The van der Waals surface area contributed by atoms with E-state index in [1.165, 1.54) is 4.90 Å². The highest BCUT2D eigenvalue weighted by Crippen LogP contribution is 2.48. The monoisotopic (exact) mass is 279 g/mol. The van der Waals surface area contributed by atoms with E-state index in [1.807, 2.05) is 0 Å². The van der Waals surface area contributed by atoms with Crippen LogP contribution in [0, 0.1) is 10.8 Å². The van der Waals surface area contributed by atoms with Crippen molar-refractivity contribution in [2.45, 2.75) is 57.8 Å². The third-order valence-corrected chi connectivity index (χ3v) is 5.53. The molecule has 1 aliphatic heterocycles. The van der Waals surface area contributed by atoms with Gasteiger partial charge in [0.05, 0.1) is 10.8 Å².